The number of nitrogens with zero attached hydrogens (tertiary/aromatic N) is 1. The molecule has 2 amide bonds. The van der Waals surface area contributed by atoms with Gasteiger partial charge in [0.1, 0.15) is 5.75 Å². The maximum atomic E-state index is 12.3. The van der Waals surface area contributed by atoms with E-state index >= 15 is 0 Å². The molecule has 2 fully saturated rings. The predicted octanol–water partition coefficient (Wildman–Crippen LogP) is 2.61. The Hall–Kier alpha value is -1.84. The van der Waals surface area contributed by atoms with Crippen LogP contribution in [0.4, 0.5) is 5.69 Å². The van der Waals surface area contributed by atoms with Crippen molar-refractivity contribution < 1.29 is 14.7 Å². The Balaban J connectivity index is 1.86. The molecule has 1 aliphatic heterocycles. The summed E-state index contributed by atoms with van der Waals surface area (Å²) in [5.41, 5.74) is 0.488. The summed E-state index contributed by atoms with van der Waals surface area (Å²) in [6, 6.07) is 6.21. The Bertz CT molecular complexity index is 495. The van der Waals surface area contributed by atoms with Gasteiger partial charge < -0.3 is 5.11 Å². The minimum atomic E-state index is -0.108. The van der Waals surface area contributed by atoms with E-state index in [4.69, 9.17) is 0 Å². The van der Waals surface area contributed by atoms with E-state index in [0.29, 0.717) is 18.5 Å². The maximum Gasteiger partial charge on any atom is 0.234 e. The van der Waals surface area contributed by atoms with Gasteiger partial charge in [-0.3, -0.25) is 14.5 Å². The first-order chi connectivity index (χ1) is 9.10. The summed E-state index contributed by atoms with van der Waals surface area (Å²) < 4.78 is 0. The van der Waals surface area contributed by atoms with E-state index < -0.39 is 0 Å². The number of amides is 2. The average Bonchev–Trinajstić information content (AvgIpc) is 2.78. The van der Waals surface area contributed by atoms with Gasteiger partial charge in [-0.25, -0.2) is 0 Å². The lowest BCUT2D eigenvalue weighted by Crippen LogP contribution is -2.47. The Morgan fingerprint density at radius 3 is 2.00 bits per heavy atom. The summed E-state index contributed by atoms with van der Waals surface area (Å²) in [5, 5.41) is 9.27. The van der Waals surface area contributed by atoms with E-state index in [9.17, 15) is 14.7 Å². The highest BCUT2D eigenvalue weighted by molar-refractivity contribution is 6.17. The fraction of sp³-hybridized carbons (Fsp3) is 0.467. The molecule has 1 saturated carbocycles. The first kappa shape index (κ1) is 12.2. The molecule has 0 aromatic heterocycles. The van der Waals surface area contributed by atoms with E-state index in [1.54, 1.807) is 12.1 Å². The van der Waals surface area contributed by atoms with Gasteiger partial charge >= 0.3 is 0 Å². The molecule has 3 rings (SSSR count). The number of carbonyl (C=O) groups excluding carboxylic acids is 2. The molecule has 1 N–H and O–H groups in total. The second-order valence-corrected chi connectivity index (χ2v) is 5.70. The van der Waals surface area contributed by atoms with E-state index in [1.165, 1.54) is 17.0 Å². The summed E-state index contributed by atoms with van der Waals surface area (Å²) in [7, 11) is 0. The average molecular weight is 259 g/mol. The molecule has 0 unspecified atom stereocenters. The topological polar surface area (TPSA) is 57.6 Å². The molecule has 0 radical (unpaired) electrons. The Kier molecular flexibility index (Phi) is 2.81. The van der Waals surface area contributed by atoms with Gasteiger partial charge in [-0.05, 0) is 42.5 Å². The van der Waals surface area contributed by atoms with Crippen molar-refractivity contribution in [1.29, 1.82) is 0 Å². The predicted molar refractivity (Wildman–Crippen MR) is 70.7 cm³/mol. The minimum Gasteiger partial charge on any atom is -0.508 e. The fourth-order valence-corrected chi connectivity index (χ4v) is 3.37. The highest BCUT2D eigenvalue weighted by Crippen LogP contribution is 2.47. The number of rotatable bonds is 1. The number of phenols is 1. The quantitative estimate of drug-likeness (QED) is 0.789. The second kappa shape index (κ2) is 4.37. The van der Waals surface area contributed by atoms with Crippen molar-refractivity contribution in [2.24, 2.45) is 5.41 Å². The Morgan fingerprint density at radius 1 is 0.947 bits per heavy atom. The van der Waals surface area contributed by atoms with Crippen LogP contribution in [-0.2, 0) is 9.59 Å². The maximum absolute atomic E-state index is 12.3. The van der Waals surface area contributed by atoms with Crippen LogP contribution in [-0.4, -0.2) is 16.9 Å². The molecule has 100 valence electrons. The van der Waals surface area contributed by atoms with Gasteiger partial charge in [0.15, 0.2) is 0 Å². The Labute approximate surface area is 112 Å². The zero-order valence-corrected chi connectivity index (χ0v) is 10.8. The molecule has 1 aromatic rings. The number of anilines is 1. The van der Waals surface area contributed by atoms with Gasteiger partial charge in [-0.15, -0.1) is 0 Å². The SMILES string of the molecule is O=C1CC2(CCCC2)CC(=O)N1c1ccc(O)cc1. The van der Waals surface area contributed by atoms with Crippen molar-refractivity contribution in [3.05, 3.63) is 24.3 Å². The number of hydrogen-bond donors (Lipinski definition) is 1. The first-order valence-corrected chi connectivity index (χ1v) is 6.75. The zero-order valence-electron chi connectivity index (χ0n) is 10.8. The summed E-state index contributed by atoms with van der Waals surface area (Å²) in [4.78, 5) is 25.9. The van der Waals surface area contributed by atoms with Crippen LogP contribution in [0.3, 0.4) is 0 Å². The van der Waals surface area contributed by atoms with Crippen LogP contribution in [0.25, 0.3) is 0 Å². The van der Waals surface area contributed by atoms with Crippen molar-refractivity contribution in [3.63, 3.8) is 0 Å². The largest absolute Gasteiger partial charge is 0.508 e. The van der Waals surface area contributed by atoms with Crippen LogP contribution in [0, 0.1) is 5.41 Å². The minimum absolute atomic E-state index is 0.0679. The van der Waals surface area contributed by atoms with Crippen LogP contribution >= 0.6 is 0 Å². The van der Waals surface area contributed by atoms with Crippen molar-refractivity contribution >= 4 is 17.5 Å². The standard InChI is InChI=1S/C15H17NO3/c17-12-5-3-11(4-6-12)16-13(18)9-15(10-14(16)19)7-1-2-8-15/h3-6,17H,1-2,7-10H2. The van der Waals surface area contributed by atoms with Gasteiger partial charge in [-0.2, -0.15) is 0 Å². The van der Waals surface area contributed by atoms with Crippen LogP contribution in [0.15, 0.2) is 24.3 Å². The fourth-order valence-electron chi connectivity index (χ4n) is 3.37. The molecule has 0 bridgehead atoms. The van der Waals surface area contributed by atoms with E-state index in [2.05, 4.69) is 0 Å². The van der Waals surface area contributed by atoms with Crippen molar-refractivity contribution in [3.8, 4) is 5.75 Å². The van der Waals surface area contributed by atoms with Gasteiger partial charge in [0.2, 0.25) is 11.8 Å². The van der Waals surface area contributed by atoms with Gasteiger partial charge in [0.05, 0.1) is 5.69 Å². The lowest BCUT2D eigenvalue weighted by molar-refractivity contribution is -0.133. The normalized spacial score (nSPS) is 22.2. The molecular formula is C15H17NO3. The van der Waals surface area contributed by atoms with Crippen molar-refractivity contribution in [2.75, 3.05) is 4.90 Å². The molecule has 1 aliphatic carbocycles. The molecule has 0 atom stereocenters. The number of phenolic OH excluding ortho intramolecular Hbond substituents is 1. The number of carbonyl (C=O) groups is 2. The third kappa shape index (κ3) is 2.11. The summed E-state index contributed by atoms with van der Waals surface area (Å²) in [6.07, 6.45) is 5.18. The Morgan fingerprint density at radius 2 is 1.47 bits per heavy atom. The molecule has 1 aromatic carbocycles. The number of benzene rings is 1. The van der Waals surface area contributed by atoms with Crippen molar-refractivity contribution in [1.82, 2.24) is 0 Å². The number of imide groups is 1. The summed E-state index contributed by atoms with van der Waals surface area (Å²) in [5.74, 6) is -0.0828. The van der Waals surface area contributed by atoms with Crippen molar-refractivity contribution in [2.45, 2.75) is 38.5 Å². The third-order valence-corrected chi connectivity index (χ3v) is 4.32. The first-order valence-electron chi connectivity index (χ1n) is 6.75. The molecule has 1 saturated heterocycles. The number of hydrogen-bond acceptors (Lipinski definition) is 3. The third-order valence-electron chi connectivity index (χ3n) is 4.32. The van der Waals surface area contributed by atoms with E-state index in [-0.39, 0.29) is 23.0 Å². The molecule has 19 heavy (non-hydrogen) atoms. The monoisotopic (exact) mass is 259 g/mol. The van der Waals surface area contributed by atoms with Gasteiger partial charge in [0.25, 0.3) is 0 Å². The molecule has 2 aliphatic rings. The van der Waals surface area contributed by atoms with E-state index in [1.807, 2.05) is 0 Å². The number of aromatic hydroxyl groups is 1. The molecular weight excluding hydrogens is 242 g/mol. The molecule has 4 nitrogen and oxygen atoms in total. The van der Waals surface area contributed by atoms with Gasteiger partial charge in [-0.1, -0.05) is 12.8 Å². The zero-order chi connectivity index (χ0) is 13.5. The molecule has 1 heterocycles. The smallest absolute Gasteiger partial charge is 0.234 e. The van der Waals surface area contributed by atoms with Crippen LogP contribution in [0.5, 0.6) is 5.75 Å². The number of piperidine rings is 1. The lowest BCUT2D eigenvalue weighted by atomic mass is 9.76. The van der Waals surface area contributed by atoms with Crippen LogP contribution in [0.2, 0.25) is 0 Å². The highest BCUT2D eigenvalue weighted by atomic mass is 16.3. The molecule has 4 heteroatoms. The van der Waals surface area contributed by atoms with Gasteiger partial charge in [0, 0.05) is 12.8 Å². The molecule has 1 spiro atoms. The summed E-state index contributed by atoms with van der Waals surface area (Å²) in [6.45, 7) is 0. The summed E-state index contributed by atoms with van der Waals surface area (Å²) >= 11 is 0. The second-order valence-electron chi connectivity index (χ2n) is 5.70. The van der Waals surface area contributed by atoms with E-state index in [0.717, 1.165) is 25.7 Å². The lowest BCUT2D eigenvalue weighted by Gasteiger charge is -2.37. The highest BCUT2D eigenvalue weighted by Gasteiger charge is 2.45. The van der Waals surface area contributed by atoms with Crippen LogP contribution < -0.4 is 4.90 Å². The van der Waals surface area contributed by atoms with Crippen LogP contribution in [0.1, 0.15) is 38.5 Å².